The van der Waals surface area contributed by atoms with Gasteiger partial charge in [-0.15, -0.1) is 0 Å². The number of para-hydroxylation sites is 1. The van der Waals surface area contributed by atoms with E-state index in [0.717, 1.165) is 35.8 Å². The van der Waals surface area contributed by atoms with E-state index in [1.165, 1.54) is 0 Å². The normalized spacial score (nSPS) is 13.2. The van der Waals surface area contributed by atoms with E-state index in [2.05, 4.69) is 21.7 Å². The van der Waals surface area contributed by atoms with Gasteiger partial charge in [0, 0.05) is 20.1 Å². The lowest BCUT2D eigenvalue weighted by Gasteiger charge is -2.20. The molecule has 0 aliphatic carbocycles. The highest BCUT2D eigenvalue weighted by molar-refractivity contribution is 6.32. The van der Waals surface area contributed by atoms with E-state index >= 15 is 0 Å². The highest BCUT2D eigenvalue weighted by Gasteiger charge is 2.16. The summed E-state index contributed by atoms with van der Waals surface area (Å²) < 4.78 is 16.5. The number of hydrogen-bond donors (Lipinski definition) is 2. The summed E-state index contributed by atoms with van der Waals surface area (Å²) >= 11 is 6.29. The average Bonchev–Trinajstić information content (AvgIpc) is 2.71. The molecule has 0 bridgehead atoms. The Morgan fingerprint density at radius 2 is 2.00 bits per heavy atom. The van der Waals surface area contributed by atoms with E-state index in [4.69, 9.17) is 25.8 Å². The third-order valence-electron chi connectivity index (χ3n) is 4.22. The number of aliphatic imine (C=N–C) groups is 1. The first-order chi connectivity index (χ1) is 13.2. The Morgan fingerprint density at radius 3 is 2.81 bits per heavy atom. The maximum absolute atomic E-state index is 6.29. The monoisotopic (exact) mass is 389 g/mol. The molecule has 6 nitrogen and oxygen atoms in total. The Bertz CT molecular complexity index is 811. The molecule has 27 heavy (non-hydrogen) atoms. The largest absolute Gasteiger partial charge is 0.496 e. The van der Waals surface area contributed by atoms with Gasteiger partial charge in [-0.1, -0.05) is 29.8 Å². The van der Waals surface area contributed by atoms with Crippen molar-refractivity contribution in [1.29, 1.82) is 0 Å². The predicted molar refractivity (Wildman–Crippen MR) is 107 cm³/mol. The average molecular weight is 390 g/mol. The van der Waals surface area contributed by atoms with Crippen molar-refractivity contribution in [3.05, 3.63) is 52.5 Å². The van der Waals surface area contributed by atoms with Gasteiger partial charge in [0.2, 0.25) is 0 Å². The summed E-state index contributed by atoms with van der Waals surface area (Å²) in [7, 11) is 3.43. The van der Waals surface area contributed by atoms with E-state index in [1.54, 1.807) is 14.2 Å². The van der Waals surface area contributed by atoms with E-state index in [1.807, 2.05) is 30.3 Å². The van der Waals surface area contributed by atoms with Crippen LogP contribution in [0, 0.1) is 0 Å². The lowest BCUT2D eigenvalue weighted by molar-refractivity contribution is 0.171. The van der Waals surface area contributed by atoms with Gasteiger partial charge in [0.25, 0.3) is 0 Å². The number of hydrogen-bond acceptors (Lipinski definition) is 4. The van der Waals surface area contributed by atoms with Gasteiger partial charge < -0.3 is 24.8 Å². The summed E-state index contributed by atoms with van der Waals surface area (Å²) in [5.74, 6) is 2.92. The molecule has 0 amide bonds. The molecule has 7 heteroatoms. The van der Waals surface area contributed by atoms with Gasteiger partial charge in [0.15, 0.2) is 17.5 Å². The number of nitrogens with zero attached hydrogens (tertiary/aromatic N) is 1. The van der Waals surface area contributed by atoms with Crippen LogP contribution in [0.15, 0.2) is 41.4 Å². The van der Waals surface area contributed by atoms with Gasteiger partial charge in [-0.05, 0) is 35.7 Å². The van der Waals surface area contributed by atoms with Gasteiger partial charge in [-0.25, -0.2) is 0 Å². The van der Waals surface area contributed by atoms with Crippen molar-refractivity contribution in [2.75, 3.05) is 33.9 Å². The Labute approximate surface area is 164 Å². The van der Waals surface area contributed by atoms with Crippen LogP contribution in [-0.4, -0.2) is 39.9 Å². The summed E-state index contributed by atoms with van der Waals surface area (Å²) in [5, 5.41) is 7.16. The molecule has 0 unspecified atom stereocenters. The number of benzene rings is 2. The van der Waals surface area contributed by atoms with Crippen molar-refractivity contribution >= 4 is 17.6 Å². The van der Waals surface area contributed by atoms with Crippen LogP contribution in [0.4, 0.5) is 0 Å². The van der Waals surface area contributed by atoms with Gasteiger partial charge >= 0.3 is 0 Å². The number of fused-ring (bicyclic) bond motifs is 1. The Kier molecular flexibility index (Phi) is 6.65. The number of methoxy groups -OCH3 is 1. The second-order valence-electron chi connectivity index (χ2n) is 6.02. The molecule has 1 aliphatic rings. The second kappa shape index (κ2) is 9.37. The Hall–Kier alpha value is -2.60. The molecule has 1 aliphatic heterocycles. The SMILES string of the molecule is CN=C(NCCc1ccccc1OC)NCc1cc(Cl)c2c(c1)OCCO2. The summed E-state index contributed by atoms with van der Waals surface area (Å²) in [6, 6.07) is 11.8. The zero-order chi connectivity index (χ0) is 19.1. The molecule has 0 saturated heterocycles. The fraction of sp³-hybridized carbons (Fsp3) is 0.350. The molecule has 2 aromatic rings. The fourth-order valence-corrected chi connectivity index (χ4v) is 3.19. The highest BCUT2D eigenvalue weighted by atomic mass is 35.5. The van der Waals surface area contributed by atoms with Crippen molar-refractivity contribution in [3.63, 3.8) is 0 Å². The maximum Gasteiger partial charge on any atom is 0.191 e. The zero-order valence-electron chi connectivity index (χ0n) is 15.5. The minimum absolute atomic E-state index is 0.521. The highest BCUT2D eigenvalue weighted by Crippen LogP contribution is 2.38. The van der Waals surface area contributed by atoms with Crippen molar-refractivity contribution in [1.82, 2.24) is 10.6 Å². The zero-order valence-corrected chi connectivity index (χ0v) is 16.3. The van der Waals surface area contributed by atoms with Crippen LogP contribution in [0.5, 0.6) is 17.2 Å². The molecule has 1 heterocycles. The standard InChI is InChI=1S/C20H24ClN3O3/c1-22-20(23-8-7-15-5-3-4-6-17(15)25-2)24-13-14-11-16(21)19-18(12-14)26-9-10-27-19/h3-6,11-12H,7-10,13H2,1-2H3,(H2,22,23,24). The first-order valence-corrected chi connectivity index (χ1v) is 9.23. The third kappa shape index (κ3) is 4.98. The quantitative estimate of drug-likeness (QED) is 0.587. The number of ether oxygens (including phenoxy) is 3. The molecule has 2 N–H and O–H groups in total. The van der Waals surface area contributed by atoms with Crippen molar-refractivity contribution in [2.24, 2.45) is 4.99 Å². The van der Waals surface area contributed by atoms with Crippen LogP contribution >= 0.6 is 11.6 Å². The lowest BCUT2D eigenvalue weighted by atomic mass is 10.1. The first kappa shape index (κ1) is 19.2. The molecule has 2 aromatic carbocycles. The van der Waals surface area contributed by atoms with Gasteiger partial charge in [-0.2, -0.15) is 0 Å². The van der Waals surface area contributed by atoms with Crippen molar-refractivity contribution < 1.29 is 14.2 Å². The minimum atomic E-state index is 0.521. The van der Waals surface area contributed by atoms with Crippen LogP contribution in [0.25, 0.3) is 0 Å². The summed E-state index contributed by atoms with van der Waals surface area (Å²) in [6.45, 7) is 2.37. The molecule has 0 saturated carbocycles. The lowest BCUT2D eigenvalue weighted by Crippen LogP contribution is -2.37. The number of guanidine groups is 1. The number of halogens is 1. The summed E-state index contributed by atoms with van der Waals surface area (Å²) in [6.07, 6.45) is 0.834. The third-order valence-corrected chi connectivity index (χ3v) is 4.50. The number of rotatable bonds is 6. The summed E-state index contributed by atoms with van der Waals surface area (Å²) in [4.78, 5) is 4.26. The van der Waals surface area contributed by atoms with Crippen LogP contribution < -0.4 is 24.8 Å². The molecule has 3 rings (SSSR count). The van der Waals surface area contributed by atoms with Crippen LogP contribution in [0.3, 0.4) is 0 Å². The van der Waals surface area contributed by atoms with E-state index < -0.39 is 0 Å². The van der Waals surface area contributed by atoms with Gasteiger partial charge in [0.1, 0.15) is 19.0 Å². The maximum atomic E-state index is 6.29. The van der Waals surface area contributed by atoms with Crippen LogP contribution in [-0.2, 0) is 13.0 Å². The fourth-order valence-electron chi connectivity index (χ4n) is 2.90. The van der Waals surface area contributed by atoms with Crippen LogP contribution in [0.2, 0.25) is 5.02 Å². The first-order valence-electron chi connectivity index (χ1n) is 8.85. The van der Waals surface area contributed by atoms with E-state index in [0.29, 0.717) is 36.3 Å². The smallest absolute Gasteiger partial charge is 0.191 e. The second-order valence-corrected chi connectivity index (χ2v) is 6.42. The topological polar surface area (TPSA) is 64.1 Å². The Morgan fingerprint density at radius 1 is 1.19 bits per heavy atom. The minimum Gasteiger partial charge on any atom is -0.496 e. The van der Waals surface area contributed by atoms with Crippen LogP contribution in [0.1, 0.15) is 11.1 Å². The molecule has 0 radical (unpaired) electrons. The molecular weight excluding hydrogens is 366 g/mol. The molecular formula is C20H24ClN3O3. The van der Waals surface area contributed by atoms with E-state index in [-0.39, 0.29) is 0 Å². The predicted octanol–water partition coefficient (Wildman–Crippen LogP) is 3.03. The van der Waals surface area contributed by atoms with Crippen molar-refractivity contribution in [3.8, 4) is 17.2 Å². The Balaban J connectivity index is 1.53. The molecule has 0 aromatic heterocycles. The number of nitrogens with one attached hydrogen (secondary N) is 2. The summed E-state index contributed by atoms with van der Waals surface area (Å²) in [5.41, 5.74) is 2.15. The van der Waals surface area contributed by atoms with E-state index in [9.17, 15) is 0 Å². The van der Waals surface area contributed by atoms with Gasteiger partial charge in [-0.3, -0.25) is 4.99 Å². The molecule has 0 atom stereocenters. The van der Waals surface area contributed by atoms with Gasteiger partial charge in [0.05, 0.1) is 12.1 Å². The van der Waals surface area contributed by atoms with Crippen molar-refractivity contribution in [2.45, 2.75) is 13.0 Å². The molecule has 144 valence electrons. The molecule has 0 fully saturated rings. The molecule has 0 spiro atoms.